The van der Waals surface area contributed by atoms with E-state index in [0.717, 1.165) is 35.3 Å². The summed E-state index contributed by atoms with van der Waals surface area (Å²) < 4.78 is 4.98. The van der Waals surface area contributed by atoms with E-state index in [4.69, 9.17) is 17.0 Å². The van der Waals surface area contributed by atoms with Crippen LogP contribution in [0.5, 0.6) is 0 Å². The monoisotopic (exact) mass is 240 g/mol. The quantitative estimate of drug-likeness (QED) is 0.570. The first-order valence-corrected chi connectivity index (χ1v) is 6.75. The lowest BCUT2D eigenvalue weighted by atomic mass is 10.0. The Balaban J connectivity index is 1.43. The Kier molecular flexibility index (Phi) is 2.80. The molecule has 3 aliphatic rings. The highest BCUT2D eigenvalue weighted by Crippen LogP contribution is 2.65. The van der Waals surface area contributed by atoms with Gasteiger partial charge in [0.25, 0.3) is 0 Å². The number of hydrogen-bond donors (Lipinski definition) is 2. The van der Waals surface area contributed by atoms with Crippen molar-refractivity contribution in [3.63, 3.8) is 0 Å². The van der Waals surface area contributed by atoms with Gasteiger partial charge in [-0.3, -0.25) is 0 Å². The van der Waals surface area contributed by atoms with E-state index >= 15 is 0 Å². The minimum Gasteiger partial charge on any atom is -0.383 e. The number of ether oxygens (including phenoxy) is 1. The highest BCUT2D eigenvalue weighted by atomic mass is 32.1. The molecule has 4 unspecified atom stereocenters. The maximum absolute atomic E-state index is 5.28. The van der Waals surface area contributed by atoms with E-state index in [0.29, 0.717) is 12.6 Å². The summed E-state index contributed by atoms with van der Waals surface area (Å²) in [7, 11) is 1.71. The first kappa shape index (κ1) is 10.8. The van der Waals surface area contributed by atoms with Gasteiger partial charge in [0.05, 0.1) is 6.61 Å². The highest BCUT2D eigenvalue weighted by Gasteiger charge is 2.65. The largest absolute Gasteiger partial charge is 0.383 e. The molecule has 0 spiro atoms. The van der Waals surface area contributed by atoms with Crippen LogP contribution in [0.15, 0.2) is 0 Å². The van der Waals surface area contributed by atoms with E-state index < -0.39 is 0 Å². The second-order valence-electron chi connectivity index (χ2n) is 5.41. The third kappa shape index (κ3) is 1.72. The molecule has 0 aromatic rings. The molecule has 3 fully saturated rings. The molecule has 3 nitrogen and oxygen atoms in total. The Labute approximate surface area is 102 Å². The van der Waals surface area contributed by atoms with Gasteiger partial charge in [-0.05, 0) is 55.2 Å². The van der Waals surface area contributed by atoms with Crippen LogP contribution in [0.1, 0.15) is 19.3 Å². The molecule has 0 aliphatic heterocycles. The molecule has 0 aromatic heterocycles. The van der Waals surface area contributed by atoms with Crippen molar-refractivity contribution in [2.24, 2.45) is 23.7 Å². The predicted molar refractivity (Wildman–Crippen MR) is 67.2 cm³/mol. The highest BCUT2D eigenvalue weighted by molar-refractivity contribution is 7.80. The molecule has 0 radical (unpaired) electrons. The molecule has 4 atom stereocenters. The first-order chi connectivity index (χ1) is 7.81. The van der Waals surface area contributed by atoms with E-state index in [2.05, 4.69) is 10.6 Å². The standard InChI is InChI=1S/C12H20N2OS/c1-15-5-4-13-12(16)14-11-9-7-2-3-8(6-7)10(9)11/h7-11H,2-6H2,1H3,(H2,13,14,16). The fourth-order valence-corrected chi connectivity index (χ4v) is 4.23. The van der Waals surface area contributed by atoms with Crippen molar-refractivity contribution in [1.82, 2.24) is 10.6 Å². The molecule has 3 rings (SSSR count). The Morgan fingerprint density at radius 1 is 1.31 bits per heavy atom. The molecule has 0 aromatic carbocycles. The fraction of sp³-hybridized carbons (Fsp3) is 0.917. The van der Waals surface area contributed by atoms with Crippen molar-refractivity contribution >= 4 is 17.3 Å². The number of rotatable bonds is 4. The van der Waals surface area contributed by atoms with E-state index in [-0.39, 0.29) is 0 Å². The van der Waals surface area contributed by atoms with Gasteiger partial charge in [0.15, 0.2) is 5.11 Å². The van der Waals surface area contributed by atoms with Crippen LogP contribution in [0, 0.1) is 23.7 Å². The van der Waals surface area contributed by atoms with Crippen molar-refractivity contribution in [3.8, 4) is 0 Å². The summed E-state index contributed by atoms with van der Waals surface area (Å²) in [6.07, 6.45) is 4.43. The third-order valence-electron chi connectivity index (χ3n) is 4.62. The number of methoxy groups -OCH3 is 1. The van der Waals surface area contributed by atoms with Crippen LogP contribution in [0.3, 0.4) is 0 Å². The molecule has 2 N–H and O–H groups in total. The molecule has 2 bridgehead atoms. The average molecular weight is 240 g/mol. The van der Waals surface area contributed by atoms with Gasteiger partial charge in [-0.1, -0.05) is 0 Å². The third-order valence-corrected chi connectivity index (χ3v) is 4.89. The van der Waals surface area contributed by atoms with Gasteiger partial charge in [-0.25, -0.2) is 0 Å². The zero-order valence-electron chi connectivity index (χ0n) is 9.74. The minimum absolute atomic E-state index is 0.689. The summed E-state index contributed by atoms with van der Waals surface area (Å²) in [6.45, 7) is 1.52. The second-order valence-corrected chi connectivity index (χ2v) is 5.81. The molecule has 0 saturated heterocycles. The van der Waals surface area contributed by atoms with Gasteiger partial charge in [-0.2, -0.15) is 0 Å². The maximum Gasteiger partial charge on any atom is 0.166 e. The zero-order valence-corrected chi connectivity index (χ0v) is 10.6. The van der Waals surface area contributed by atoms with Crippen molar-refractivity contribution < 1.29 is 4.74 Å². The Morgan fingerprint density at radius 2 is 2.00 bits per heavy atom. The summed E-state index contributed by atoms with van der Waals surface area (Å²) in [6, 6.07) is 0.689. The number of thiocarbonyl (C=S) groups is 1. The topological polar surface area (TPSA) is 33.3 Å². The molecule has 0 heterocycles. The maximum atomic E-state index is 5.28. The molecule has 90 valence electrons. The Hall–Kier alpha value is -0.350. The lowest BCUT2D eigenvalue weighted by molar-refractivity contribution is 0.204. The van der Waals surface area contributed by atoms with Crippen molar-refractivity contribution in [2.75, 3.05) is 20.3 Å². The van der Waals surface area contributed by atoms with Crippen LogP contribution < -0.4 is 10.6 Å². The van der Waals surface area contributed by atoms with Gasteiger partial charge < -0.3 is 15.4 Å². The van der Waals surface area contributed by atoms with Crippen LogP contribution in [0.4, 0.5) is 0 Å². The van der Waals surface area contributed by atoms with Crippen molar-refractivity contribution in [3.05, 3.63) is 0 Å². The molecule has 3 aliphatic carbocycles. The molecular formula is C12H20N2OS. The number of fused-ring (bicyclic) bond motifs is 5. The Morgan fingerprint density at radius 3 is 2.62 bits per heavy atom. The van der Waals surface area contributed by atoms with E-state index in [1.165, 1.54) is 19.3 Å². The smallest absolute Gasteiger partial charge is 0.166 e. The normalized spacial score (nSPS) is 42.9. The summed E-state index contributed by atoms with van der Waals surface area (Å²) >= 11 is 5.28. The molecule has 16 heavy (non-hydrogen) atoms. The van der Waals surface area contributed by atoms with Crippen LogP contribution in [-0.4, -0.2) is 31.4 Å². The van der Waals surface area contributed by atoms with Crippen LogP contribution in [0.2, 0.25) is 0 Å². The SMILES string of the molecule is COCCNC(=S)NC1C2C3CCC(C3)C12. The van der Waals surface area contributed by atoms with Crippen molar-refractivity contribution in [2.45, 2.75) is 25.3 Å². The van der Waals surface area contributed by atoms with E-state index in [9.17, 15) is 0 Å². The van der Waals surface area contributed by atoms with E-state index in [1.807, 2.05) is 0 Å². The summed E-state index contributed by atoms with van der Waals surface area (Å²) in [5.74, 6) is 3.91. The molecule has 4 heteroatoms. The predicted octanol–water partition coefficient (Wildman–Crippen LogP) is 1.14. The summed E-state index contributed by atoms with van der Waals surface area (Å²) in [5.41, 5.74) is 0. The zero-order chi connectivity index (χ0) is 11.1. The van der Waals surface area contributed by atoms with E-state index in [1.54, 1.807) is 7.11 Å². The Bertz CT molecular complexity index is 281. The lowest BCUT2D eigenvalue weighted by Gasteiger charge is -2.13. The molecule has 3 saturated carbocycles. The van der Waals surface area contributed by atoms with Crippen LogP contribution in [0.25, 0.3) is 0 Å². The van der Waals surface area contributed by atoms with Gasteiger partial charge in [-0.15, -0.1) is 0 Å². The molecular weight excluding hydrogens is 220 g/mol. The summed E-state index contributed by atoms with van der Waals surface area (Å²) in [5, 5.41) is 7.49. The minimum atomic E-state index is 0.689. The van der Waals surface area contributed by atoms with Crippen LogP contribution in [-0.2, 0) is 4.74 Å². The first-order valence-electron chi connectivity index (χ1n) is 6.34. The number of hydrogen-bond acceptors (Lipinski definition) is 2. The lowest BCUT2D eigenvalue weighted by Crippen LogP contribution is -2.40. The average Bonchev–Trinajstić information content (AvgIpc) is 2.70. The van der Waals surface area contributed by atoms with Crippen LogP contribution >= 0.6 is 12.2 Å². The van der Waals surface area contributed by atoms with Gasteiger partial charge in [0, 0.05) is 19.7 Å². The van der Waals surface area contributed by atoms with Gasteiger partial charge in [0.1, 0.15) is 0 Å². The molecule has 0 amide bonds. The summed E-state index contributed by atoms with van der Waals surface area (Å²) in [4.78, 5) is 0. The van der Waals surface area contributed by atoms with Gasteiger partial charge >= 0.3 is 0 Å². The number of nitrogens with one attached hydrogen (secondary N) is 2. The van der Waals surface area contributed by atoms with Gasteiger partial charge in [0.2, 0.25) is 0 Å². The fourth-order valence-electron chi connectivity index (χ4n) is 3.99. The second kappa shape index (κ2) is 4.15. The van der Waals surface area contributed by atoms with Crippen molar-refractivity contribution in [1.29, 1.82) is 0 Å².